The van der Waals surface area contributed by atoms with E-state index in [1.807, 2.05) is 0 Å². The zero-order valence-electron chi connectivity index (χ0n) is 60.7. The van der Waals surface area contributed by atoms with E-state index >= 15 is 0 Å². The van der Waals surface area contributed by atoms with Crippen LogP contribution in [0, 0.1) is 17.8 Å². The minimum atomic E-state index is -4.96. The monoisotopic (exact) mass is 1370 g/mol. The topological polar surface area (TPSA) is 237 Å². The van der Waals surface area contributed by atoms with E-state index in [4.69, 9.17) is 37.0 Å². The van der Waals surface area contributed by atoms with Gasteiger partial charge in [-0.3, -0.25) is 37.3 Å². The zero-order chi connectivity index (χ0) is 68.7. The Bertz CT molecular complexity index is 1820. The first-order chi connectivity index (χ1) is 44.8. The number of ether oxygens (including phenoxy) is 4. The lowest BCUT2D eigenvalue weighted by atomic mass is 10.00. The molecule has 0 aliphatic heterocycles. The second kappa shape index (κ2) is 64.7. The number of unbranched alkanes of at least 4 members (excludes halogenated alkanes) is 39. The molecule has 0 amide bonds. The second-order valence-corrected chi connectivity index (χ2v) is 30.8. The van der Waals surface area contributed by atoms with Gasteiger partial charge in [-0.15, -0.1) is 0 Å². The molecule has 0 aliphatic rings. The quantitative estimate of drug-likeness (QED) is 0.0222. The Morgan fingerprint density at radius 3 is 0.817 bits per heavy atom. The summed E-state index contributed by atoms with van der Waals surface area (Å²) in [5.41, 5.74) is 0. The SMILES string of the molecule is CCCCCCCCCCC(=O)OC[C@H](COP(=O)(O)OC[C@H](O)COP(=O)(O)OC[C@@H](COC(=O)CCCCCCCCCCCCCCCCC(C)C)OC(=O)CCCCCCCCCCCCCCCCCC(C)C)OC(=O)CCCCCCCCC(C)CC. The summed E-state index contributed by atoms with van der Waals surface area (Å²) in [6, 6.07) is 0. The maximum atomic E-state index is 13.1. The third-order valence-corrected chi connectivity index (χ3v) is 19.4. The maximum absolute atomic E-state index is 13.1. The van der Waals surface area contributed by atoms with E-state index in [0.29, 0.717) is 25.7 Å². The van der Waals surface area contributed by atoms with Gasteiger partial charge >= 0.3 is 39.5 Å². The van der Waals surface area contributed by atoms with Crippen molar-refractivity contribution in [3.63, 3.8) is 0 Å². The van der Waals surface area contributed by atoms with Crippen LogP contribution in [0.2, 0.25) is 0 Å². The van der Waals surface area contributed by atoms with Gasteiger partial charge < -0.3 is 33.8 Å². The summed E-state index contributed by atoms with van der Waals surface area (Å²) in [6.07, 6.45) is 50.1. The van der Waals surface area contributed by atoms with Crippen LogP contribution < -0.4 is 0 Å². The fourth-order valence-electron chi connectivity index (χ4n) is 11.2. The molecule has 0 radical (unpaired) electrons. The largest absolute Gasteiger partial charge is 0.472 e. The van der Waals surface area contributed by atoms with Crippen LogP contribution >= 0.6 is 15.6 Å². The lowest BCUT2D eigenvalue weighted by molar-refractivity contribution is -0.161. The molecule has 0 aromatic carbocycles. The van der Waals surface area contributed by atoms with Gasteiger partial charge in [-0.2, -0.15) is 0 Å². The molecule has 3 unspecified atom stereocenters. The summed E-state index contributed by atoms with van der Waals surface area (Å²) < 4.78 is 68.3. The Kier molecular flexibility index (Phi) is 63.4. The highest BCUT2D eigenvalue weighted by molar-refractivity contribution is 7.47. The lowest BCUT2D eigenvalue weighted by Crippen LogP contribution is -2.30. The number of carbonyl (C=O) groups is 4. The number of hydrogen-bond acceptors (Lipinski definition) is 15. The lowest BCUT2D eigenvalue weighted by Gasteiger charge is -2.21. The molecule has 0 rings (SSSR count). The molecule has 0 aliphatic carbocycles. The van der Waals surface area contributed by atoms with Gasteiger partial charge in [0.1, 0.15) is 19.3 Å². The first-order valence-electron chi connectivity index (χ1n) is 38.4. The molecular formula is C74H144O17P2. The molecule has 0 aromatic rings. The average molecular weight is 1370 g/mol. The number of phosphoric ester groups is 2. The summed E-state index contributed by atoms with van der Waals surface area (Å²) >= 11 is 0. The van der Waals surface area contributed by atoms with E-state index in [1.54, 1.807) is 0 Å². The van der Waals surface area contributed by atoms with Crippen LogP contribution in [0.3, 0.4) is 0 Å². The van der Waals surface area contributed by atoms with Crippen molar-refractivity contribution in [2.24, 2.45) is 17.8 Å². The van der Waals surface area contributed by atoms with Crippen molar-refractivity contribution in [2.45, 2.75) is 394 Å². The molecule has 0 saturated heterocycles. The fourth-order valence-corrected chi connectivity index (χ4v) is 12.8. The Balaban J connectivity index is 5.20. The smallest absolute Gasteiger partial charge is 0.462 e. The van der Waals surface area contributed by atoms with E-state index in [9.17, 15) is 43.2 Å². The Morgan fingerprint density at radius 1 is 0.312 bits per heavy atom. The number of rotatable bonds is 72. The molecule has 3 N–H and O–H groups in total. The highest BCUT2D eigenvalue weighted by Gasteiger charge is 2.30. The molecule has 6 atom stereocenters. The summed E-state index contributed by atoms with van der Waals surface area (Å²) in [5.74, 6) is 0.197. The zero-order valence-corrected chi connectivity index (χ0v) is 62.5. The van der Waals surface area contributed by atoms with Gasteiger partial charge in [0.05, 0.1) is 26.4 Å². The molecule has 0 aromatic heterocycles. The minimum absolute atomic E-state index is 0.103. The van der Waals surface area contributed by atoms with Crippen molar-refractivity contribution in [3.05, 3.63) is 0 Å². The number of aliphatic hydroxyl groups excluding tert-OH is 1. The van der Waals surface area contributed by atoms with Crippen LogP contribution in [-0.4, -0.2) is 96.7 Å². The van der Waals surface area contributed by atoms with E-state index in [-0.39, 0.29) is 25.7 Å². The van der Waals surface area contributed by atoms with E-state index < -0.39 is 97.5 Å². The molecule has 17 nitrogen and oxygen atoms in total. The van der Waals surface area contributed by atoms with Crippen molar-refractivity contribution < 1.29 is 80.2 Å². The predicted octanol–water partition coefficient (Wildman–Crippen LogP) is 21.4. The third-order valence-electron chi connectivity index (χ3n) is 17.5. The Hall–Kier alpha value is -1.94. The Labute approximate surface area is 568 Å². The van der Waals surface area contributed by atoms with Gasteiger partial charge in [-0.1, -0.05) is 325 Å². The number of phosphoric acid groups is 2. The number of aliphatic hydroxyl groups is 1. The Morgan fingerprint density at radius 2 is 0.548 bits per heavy atom. The van der Waals surface area contributed by atoms with Crippen molar-refractivity contribution in [2.75, 3.05) is 39.6 Å². The van der Waals surface area contributed by atoms with E-state index in [1.165, 1.54) is 180 Å². The minimum Gasteiger partial charge on any atom is -0.462 e. The average Bonchev–Trinajstić information content (AvgIpc) is 2.69. The molecule has 0 bridgehead atoms. The van der Waals surface area contributed by atoms with Crippen LogP contribution in [0.4, 0.5) is 0 Å². The van der Waals surface area contributed by atoms with Gasteiger partial charge in [-0.05, 0) is 43.4 Å². The van der Waals surface area contributed by atoms with Crippen molar-refractivity contribution in [1.29, 1.82) is 0 Å². The van der Waals surface area contributed by atoms with Gasteiger partial charge in [0.2, 0.25) is 0 Å². The molecule has 552 valence electrons. The van der Waals surface area contributed by atoms with Gasteiger partial charge in [-0.25, -0.2) is 9.13 Å². The van der Waals surface area contributed by atoms with Gasteiger partial charge in [0.25, 0.3) is 0 Å². The first-order valence-corrected chi connectivity index (χ1v) is 41.4. The molecule has 0 spiro atoms. The molecule has 19 heteroatoms. The predicted molar refractivity (Wildman–Crippen MR) is 377 cm³/mol. The van der Waals surface area contributed by atoms with Gasteiger partial charge in [0.15, 0.2) is 12.2 Å². The molecule has 0 heterocycles. The summed E-state index contributed by atoms with van der Waals surface area (Å²) in [4.78, 5) is 72.6. The second-order valence-electron chi connectivity index (χ2n) is 27.9. The molecule has 93 heavy (non-hydrogen) atoms. The van der Waals surface area contributed by atoms with Crippen molar-refractivity contribution in [1.82, 2.24) is 0 Å². The van der Waals surface area contributed by atoms with Gasteiger partial charge in [0, 0.05) is 25.7 Å². The molecule has 0 saturated carbocycles. The number of esters is 4. The number of carbonyl (C=O) groups excluding carboxylic acids is 4. The van der Waals surface area contributed by atoms with Crippen molar-refractivity contribution in [3.8, 4) is 0 Å². The van der Waals surface area contributed by atoms with Crippen LogP contribution in [0.15, 0.2) is 0 Å². The normalized spacial score (nSPS) is 14.4. The maximum Gasteiger partial charge on any atom is 0.472 e. The van der Waals surface area contributed by atoms with Crippen LogP contribution in [0.1, 0.15) is 376 Å². The number of hydrogen-bond donors (Lipinski definition) is 3. The van der Waals surface area contributed by atoms with Crippen LogP contribution in [-0.2, 0) is 65.4 Å². The summed E-state index contributed by atoms with van der Waals surface area (Å²) in [5, 5.41) is 10.6. The van der Waals surface area contributed by atoms with E-state index in [0.717, 1.165) is 114 Å². The van der Waals surface area contributed by atoms with E-state index in [2.05, 4.69) is 48.5 Å². The standard InChI is InChI=1S/C74H144O17P2/c1-8-10-11-12-13-33-41-48-55-71(76)84-62-70(91-74(79)58-51-44-37-36-40-47-54-67(7)9-2)64-89-93(82,83)87-60-68(75)59-86-92(80,81)88-63-69(61-85-72(77)56-49-42-34-29-25-21-18-17-20-24-28-32-39-46-53-66(5)6)90-73(78)57-50-43-35-30-26-22-16-14-15-19-23-27-31-38-45-52-65(3)4/h65-70,75H,8-64H2,1-7H3,(H,80,81)(H,82,83)/t67?,68-,69-,70-/m1/s1. The third kappa shape index (κ3) is 67.0. The fraction of sp³-hybridized carbons (Fsp3) is 0.946. The molecule has 0 fully saturated rings. The summed E-state index contributed by atoms with van der Waals surface area (Å²) in [6.45, 7) is 11.9. The highest BCUT2D eigenvalue weighted by atomic mass is 31.2. The highest BCUT2D eigenvalue weighted by Crippen LogP contribution is 2.45. The summed E-state index contributed by atoms with van der Waals surface area (Å²) in [7, 11) is -9.90. The first kappa shape index (κ1) is 91.1. The van der Waals surface area contributed by atoms with Crippen molar-refractivity contribution >= 4 is 39.5 Å². The molecular weight excluding hydrogens is 1220 g/mol. The van der Waals surface area contributed by atoms with Crippen LogP contribution in [0.5, 0.6) is 0 Å². The van der Waals surface area contributed by atoms with Crippen LogP contribution in [0.25, 0.3) is 0 Å².